The van der Waals surface area contributed by atoms with Crippen molar-refractivity contribution in [2.45, 2.75) is 89.4 Å². The van der Waals surface area contributed by atoms with E-state index in [9.17, 15) is 4.79 Å². The smallest absolute Gasteiger partial charge is 0.169 e. The van der Waals surface area contributed by atoms with Crippen LogP contribution in [0.15, 0.2) is 0 Å². The number of ketones is 1. The summed E-state index contributed by atoms with van der Waals surface area (Å²) in [4.78, 5) is 14.9. The molecule has 104 valence electrons. The minimum atomic E-state index is -0.414. The number of hydrogen-bond acceptors (Lipinski definition) is 3. The summed E-state index contributed by atoms with van der Waals surface area (Å²) in [5.74, 6) is 0.215. The molecule has 0 bridgehead atoms. The van der Waals surface area contributed by atoms with Crippen molar-refractivity contribution in [3.63, 3.8) is 0 Å². The molecule has 0 spiro atoms. The van der Waals surface area contributed by atoms with E-state index in [1.807, 2.05) is 0 Å². The van der Waals surface area contributed by atoms with Crippen molar-refractivity contribution in [3.05, 3.63) is 0 Å². The molecule has 1 aliphatic heterocycles. The van der Waals surface area contributed by atoms with Crippen LogP contribution >= 0.6 is 0 Å². The van der Waals surface area contributed by atoms with Gasteiger partial charge in [0.05, 0.1) is 11.6 Å². The molecule has 0 aromatic rings. The van der Waals surface area contributed by atoms with Crippen LogP contribution in [0.1, 0.15) is 66.2 Å². The minimum absolute atomic E-state index is 0.0266. The molecule has 18 heavy (non-hydrogen) atoms. The van der Waals surface area contributed by atoms with Crippen LogP contribution in [0.2, 0.25) is 0 Å². The molecule has 2 rings (SSSR count). The van der Waals surface area contributed by atoms with Gasteiger partial charge in [-0.2, -0.15) is 0 Å². The number of rotatable bonds is 1. The lowest BCUT2D eigenvalue weighted by molar-refractivity contribution is -0.148. The van der Waals surface area contributed by atoms with Gasteiger partial charge in [0.25, 0.3) is 0 Å². The summed E-state index contributed by atoms with van der Waals surface area (Å²) < 4.78 is 0. The van der Waals surface area contributed by atoms with Crippen LogP contribution in [0, 0.1) is 0 Å². The molecule has 0 radical (unpaired) electrons. The number of carbonyl (C=O) groups excluding carboxylic acids is 1. The summed E-state index contributed by atoms with van der Waals surface area (Å²) in [6, 6.07) is 0.259. The Morgan fingerprint density at radius 2 is 1.67 bits per heavy atom. The van der Waals surface area contributed by atoms with Crippen molar-refractivity contribution in [1.82, 2.24) is 4.90 Å². The van der Waals surface area contributed by atoms with E-state index in [4.69, 9.17) is 5.73 Å². The molecule has 3 heteroatoms. The maximum Gasteiger partial charge on any atom is 0.169 e. The van der Waals surface area contributed by atoms with E-state index < -0.39 is 5.54 Å². The second kappa shape index (κ2) is 4.61. The third kappa shape index (κ3) is 2.23. The van der Waals surface area contributed by atoms with E-state index in [0.717, 1.165) is 6.42 Å². The quantitative estimate of drug-likeness (QED) is 0.780. The first-order valence-corrected chi connectivity index (χ1v) is 7.36. The van der Waals surface area contributed by atoms with Gasteiger partial charge < -0.3 is 5.73 Å². The Labute approximate surface area is 111 Å². The van der Waals surface area contributed by atoms with Crippen molar-refractivity contribution in [2.75, 3.05) is 0 Å². The second-order valence-corrected chi connectivity index (χ2v) is 7.21. The summed E-state index contributed by atoms with van der Waals surface area (Å²) in [6.45, 7) is 8.61. The Hall–Kier alpha value is -0.410. The molecular weight excluding hydrogens is 224 g/mol. The predicted molar refractivity (Wildman–Crippen MR) is 74.5 cm³/mol. The standard InChI is InChI=1S/C15H28N2O/c1-14(2)10-12(16)13(18)15(3,4)17(14)11-8-6-5-7-9-11/h11-12H,5-10,16H2,1-4H3. The number of carbonyl (C=O) groups is 1. The third-order valence-corrected chi connectivity index (χ3v) is 4.85. The molecule has 0 aromatic heterocycles. The fraction of sp³-hybridized carbons (Fsp3) is 0.933. The van der Waals surface area contributed by atoms with E-state index in [0.29, 0.717) is 6.04 Å². The Bertz CT molecular complexity index is 329. The highest BCUT2D eigenvalue weighted by Gasteiger charge is 2.52. The van der Waals surface area contributed by atoms with Gasteiger partial charge in [-0.1, -0.05) is 19.3 Å². The zero-order valence-electron chi connectivity index (χ0n) is 12.3. The van der Waals surface area contributed by atoms with Crippen LogP contribution in [0.3, 0.4) is 0 Å². The molecule has 0 amide bonds. The third-order valence-electron chi connectivity index (χ3n) is 4.85. The van der Waals surface area contributed by atoms with Crippen LogP contribution in [0.5, 0.6) is 0 Å². The number of likely N-dealkylation sites (tertiary alicyclic amines) is 1. The number of hydrogen-bond donors (Lipinski definition) is 1. The molecule has 1 saturated carbocycles. The molecule has 0 aromatic carbocycles. The summed E-state index contributed by atoms with van der Waals surface area (Å²) >= 11 is 0. The minimum Gasteiger partial charge on any atom is -0.321 e. The lowest BCUT2D eigenvalue weighted by Gasteiger charge is -2.57. The zero-order valence-corrected chi connectivity index (χ0v) is 12.3. The Kier molecular flexibility index (Phi) is 3.58. The van der Waals surface area contributed by atoms with Gasteiger partial charge in [-0.15, -0.1) is 0 Å². The molecule has 1 unspecified atom stereocenters. The van der Waals surface area contributed by atoms with Gasteiger partial charge in [-0.05, 0) is 47.0 Å². The van der Waals surface area contributed by atoms with Crippen molar-refractivity contribution >= 4 is 5.78 Å². The topological polar surface area (TPSA) is 46.3 Å². The van der Waals surface area contributed by atoms with Gasteiger partial charge in [-0.3, -0.25) is 9.69 Å². The largest absolute Gasteiger partial charge is 0.321 e. The van der Waals surface area contributed by atoms with Crippen molar-refractivity contribution in [3.8, 4) is 0 Å². The fourth-order valence-electron chi connectivity index (χ4n) is 4.35. The molecule has 1 saturated heterocycles. The van der Waals surface area contributed by atoms with Crippen molar-refractivity contribution in [1.29, 1.82) is 0 Å². The maximum absolute atomic E-state index is 12.4. The molecule has 3 nitrogen and oxygen atoms in total. The summed E-state index contributed by atoms with van der Waals surface area (Å²) in [5, 5.41) is 0. The highest BCUT2D eigenvalue weighted by molar-refractivity contribution is 5.93. The average molecular weight is 252 g/mol. The molecule has 2 N–H and O–H groups in total. The van der Waals surface area contributed by atoms with Crippen LogP contribution in [-0.2, 0) is 4.79 Å². The highest BCUT2D eigenvalue weighted by atomic mass is 16.1. The van der Waals surface area contributed by atoms with Gasteiger partial charge in [-0.25, -0.2) is 0 Å². The first kappa shape index (κ1) is 14.0. The first-order valence-electron chi connectivity index (χ1n) is 7.36. The van der Waals surface area contributed by atoms with Gasteiger partial charge in [0.15, 0.2) is 5.78 Å². The number of Topliss-reactive ketones (excluding diaryl/α,β-unsaturated/α-hetero) is 1. The first-order chi connectivity index (χ1) is 8.27. The average Bonchev–Trinajstić information content (AvgIpc) is 2.26. The van der Waals surface area contributed by atoms with Crippen LogP contribution in [0.25, 0.3) is 0 Å². The van der Waals surface area contributed by atoms with E-state index >= 15 is 0 Å². The lowest BCUT2D eigenvalue weighted by atomic mass is 9.73. The molecule has 1 heterocycles. The fourth-order valence-corrected chi connectivity index (χ4v) is 4.35. The van der Waals surface area contributed by atoms with E-state index in [1.165, 1.54) is 32.1 Å². The number of nitrogens with two attached hydrogens (primary N) is 1. The van der Waals surface area contributed by atoms with Crippen LogP contribution in [0.4, 0.5) is 0 Å². The molecule has 1 aliphatic carbocycles. The lowest BCUT2D eigenvalue weighted by Crippen LogP contribution is -2.71. The van der Waals surface area contributed by atoms with Crippen LogP contribution < -0.4 is 5.73 Å². The van der Waals surface area contributed by atoms with E-state index in [-0.39, 0.29) is 17.4 Å². The SMILES string of the molecule is CC1(C)CC(N)C(=O)C(C)(C)N1C1CCCCC1. The monoisotopic (exact) mass is 252 g/mol. The Morgan fingerprint density at radius 3 is 2.22 bits per heavy atom. The molecule has 1 atom stereocenters. The van der Waals surface area contributed by atoms with E-state index in [1.54, 1.807) is 0 Å². The summed E-state index contributed by atoms with van der Waals surface area (Å²) in [5.41, 5.74) is 5.66. The summed E-state index contributed by atoms with van der Waals surface area (Å²) in [7, 11) is 0. The van der Waals surface area contributed by atoms with Crippen LogP contribution in [-0.4, -0.2) is 33.8 Å². The van der Waals surface area contributed by atoms with Crippen molar-refractivity contribution in [2.24, 2.45) is 5.73 Å². The van der Waals surface area contributed by atoms with Crippen molar-refractivity contribution < 1.29 is 4.79 Å². The zero-order chi connectivity index (χ0) is 13.6. The number of piperidine rings is 1. The summed E-state index contributed by atoms with van der Waals surface area (Å²) in [6.07, 6.45) is 7.19. The van der Waals surface area contributed by atoms with E-state index in [2.05, 4.69) is 32.6 Å². The molecule has 2 aliphatic rings. The Morgan fingerprint density at radius 1 is 1.11 bits per heavy atom. The number of nitrogens with zero attached hydrogens (tertiary/aromatic N) is 1. The maximum atomic E-state index is 12.4. The molecule has 2 fully saturated rings. The van der Waals surface area contributed by atoms with Gasteiger partial charge >= 0.3 is 0 Å². The highest BCUT2D eigenvalue weighted by Crippen LogP contribution is 2.40. The normalized spacial score (nSPS) is 33.6. The predicted octanol–water partition coefficient (Wildman–Crippen LogP) is 2.48. The van der Waals surface area contributed by atoms with Gasteiger partial charge in [0.1, 0.15) is 0 Å². The Balaban J connectivity index is 2.31. The molecular formula is C15H28N2O. The van der Waals surface area contributed by atoms with Gasteiger partial charge in [0.2, 0.25) is 0 Å². The van der Waals surface area contributed by atoms with Gasteiger partial charge in [0, 0.05) is 11.6 Å². The second-order valence-electron chi connectivity index (χ2n) is 7.21.